The molecule has 0 N–H and O–H groups in total. The van der Waals surface area contributed by atoms with Crippen molar-refractivity contribution in [2.24, 2.45) is 0 Å². The highest BCUT2D eigenvalue weighted by Crippen LogP contribution is 2.34. The Morgan fingerprint density at radius 2 is 1.88 bits per heavy atom. The molecule has 0 aliphatic carbocycles. The first-order valence-electron chi connectivity index (χ1n) is 8.27. The van der Waals surface area contributed by atoms with Gasteiger partial charge in [0.2, 0.25) is 11.8 Å². The van der Waals surface area contributed by atoms with Gasteiger partial charge in [-0.05, 0) is 31.0 Å². The van der Waals surface area contributed by atoms with Crippen LogP contribution in [0.2, 0.25) is 0 Å². The summed E-state index contributed by atoms with van der Waals surface area (Å²) in [5, 5.41) is 8.08. The third-order valence-electron chi connectivity index (χ3n) is 4.57. The van der Waals surface area contributed by atoms with Gasteiger partial charge in [-0.2, -0.15) is 0 Å². The fourth-order valence-corrected chi connectivity index (χ4v) is 3.39. The quantitative estimate of drug-likeness (QED) is 0.715. The number of fused-ring (bicyclic) bond motifs is 1. The van der Waals surface area contributed by atoms with Gasteiger partial charge in [-0.3, -0.25) is 4.79 Å². The lowest BCUT2D eigenvalue weighted by Gasteiger charge is -2.34. The molecule has 128 valence electrons. The van der Waals surface area contributed by atoms with Crippen molar-refractivity contribution in [3.63, 3.8) is 0 Å². The monoisotopic (exact) mass is 337 g/mol. The zero-order valence-electron chi connectivity index (χ0n) is 14.4. The molecule has 0 radical (unpaired) electrons. The molecule has 0 saturated heterocycles. The van der Waals surface area contributed by atoms with Crippen molar-refractivity contribution < 1.29 is 13.6 Å². The number of amides is 1. The van der Waals surface area contributed by atoms with Gasteiger partial charge in [0.15, 0.2) is 5.76 Å². The normalized spacial score (nSPS) is 16.8. The number of nitrogens with zero attached hydrogens (tertiary/aromatic N) is 3. The van der Waals surface area contributed by atoms with E-state index in [2.05, 4.69) is 16.3 Å². The molecule has 0 fully saturated rings. The van der Waals surface area contributed by atoms with Crippen LogP contribution in [0.4, 0.5) is 0 Å². The van der Waals surface area contributed by atoms with Crippen LogP contribution in [0.25, 0.3) is 0 Å². The molecule has 4 rings (SSSR count). The number of aromatic nitrogens is 2. The van der Waals surface area contributed by atoms with Gasteiger partial charge in [0.05, 0.1) is 0 Å². The number of rotatable bonds is 2. The highest BCUT2D eigenvalue weighted by atomic mass is 16.4. The van der Waals surface area contributed by atoms with Gasteiger partial charge in [-0.25, -0.2) is 0 Å². The third-order valence-corrected chi connectivity index (χ3v) is 4.57. The Labute approximate surface area is 145 Å². The van der Waals surface area contributed by atoms with Gasteiger partial charge in [0.1, 0.15) is 11.8 Å². The summed E-state index contributed by atoms with van der Waals surface area (Å²) >= 11 is 0. The minimum absolute atomic E-state index is 0.152. The molecule has 1 unspecified atom stereocenters. The van der Waals surface area contributed by atoms with E-state index < -0.39 is 0 Å². The maximum atomic E-state index is 13.2. The van der Waals surface area contributed by atoms with Crippen molar-refractivity contribution >= 4 is 5.91 Å². The smallest absolute Gasteiger partial charge is 0.290 e. The second kappa shape index (κ2) is 5.88. The second-order valence-corrected chi connectivity index (χ2v) is 6.45. The average Bonchev–Trinajstić information content (AvgIpc) is 3.18. The van der Waals surface area contributed by atoms with Crippen LogP contribution in [0.15, 0.2) is 39.2 Å². The first-order chi connectivity index (χ1) is 12.0. The largest absolute Gasteiger partial charge is 0.456 e. The summed E-state index contributed by atoms with van der Waals surface area (Å²) in [4.78, 5) is 14.9. The Hall–Kier alpha value is -2.89. The Kier molecular flexibility index (Phi) is 3.67. The lowest BCUT2D eigenvalue weighted by Crippen LogP contribution is -2.39. The van der Waals surface area contributed by atoms with Gasteiger partial charge in [0.25, 0.3) is 5.91 Å². The van der Waals surface area contributed by atoms with E-state index in [0.717, 1.165) is 16.9 Å². The number of aryl methyl sites for hydroxylation is 3. The van der Waals surface area contributed by atoms with E-state index in [4.69, 9.17) is 8.83 Å². The van der Waals surface area contributed by atoms with E-state index in [1.54, 1.807) is 11.8 Å². The molecule has 2 aromatic heterocycles. The first kappa shape index (κ1) is 15.6. The summed E-state index contributed by atoms with van der Waals surface area (Å²) in [6.45, 7) is 5.96. The number of carbonyl (C=O) groups excluding carboxylic acids is 1. The molecule has 6 heteroatoms. The molecule has 3 heterocycles. The van der Waals surface area contributed by atoms with Crippen molar-refractivity contribution in [1.29, 1.82) is 0 Å². The molecule has 6 nitrogen and oxygen atoms in total. The molecule has 1 atom stereocenters. The molecular weight excluding hydrogens is 318 g/mol. The van der Waals surface area contributed by atoms with Crippen LogP contribution in [0.3, 0.4) is 0 Å². The molecule has 1 amide bonds. The van der Waals surface area contributed by atoms with Crippen LogP contribution in [0, 0.1) is 20.8 Å². The Morgan fingerprint density at radius 1 is 1.12 bits per heavy atom. The average molecular weight is 337 g/mol. The molecule has 1 aliphatic heterocycles. The standard InChI is InChI=1S/C19H19N3O3/c1-11-8-12(2)24-17(11)19(23)22-10-15-7-5-4-6-14(15)9-16(22)18-21-20-13(3)25-18/h4-8,16H,9-10H2,1-3H3. The lowest BCUT2D eigenvalue weighted by atomic mass is 9.93. The number of carbonyl (C=O) groups is 1. The van der Waals surface area contributed by atoms with Gasteiger partial charge in [0, 0.05) is 25.5 Å². The highest BCUT2D eigenvalue weighted by Gasteiger charge is 2.36. The van der Waals surface area contributed by atoms with Crippen molar-refractivity contribution in [2.45, 2.75) is 39.8 Å². The summed E-state index contributed by atoms with van der Waals surface area (Å²) in [5.74, 6) is 1.90. The summed E-state index contributed by atoms with van der Waals surface area (Å²) in [6.07, 6.45) is 0.641. The van der Waals surface area contributed by atoms with Crippen molar-refractivity contribution in [2.75, 3.05) is 0 Å². The molecule has 0 saturated carbocycles. The number of benzene rings is 1. The third kappa shape index (κ3) is 2.73. The minimum atomic E-state index is -0.298. The molecule has 25 heavy (non-hydrogen) atoms. The Morgan fingerprint density at radius 3 is 2.52 bits per heavy atom. The minimum Gasteiger partial charge on any atom is -0.456 e. The van der Waals surface area contributed by atoms with E-state index in [1.165, 1.54) is 5.56 Å². The van der Waals surface area contributed by atoms with Crippen LogP contribution < -0.4 is 0 Å². The fraction of sp³-hybridized carbons (Fsp3) is 0.316. The number of furan rings is 1. The van der Waals surface area contributed by atoms with Gasteiger partial charge in [-0.1, -0.05) is 24.3 Å². The number of hydrogen-bond donors (Lipinski definition) is 0. The molecule has 3 aromatic rings. The van der Waals surface area contributed by atoms with Crippen molar-refractivity contribution in [1.82, 2.24) is 15.1 Å². The Balaban J connectivity index is 1.77. The summed E-state index contributed by atoms with van der Waals surface area (Å²) in [6, 6.07) is 9.69. The molecule has 1 aromatic carbocycles. The van der Waals surface area contributed by atoms with Gasteiger partial charge < -0.3 is 13.7 Å². The van der Waals surface area contributed by atoms with Gasteiger partial charge in [-0.15, -0.1) is 10.2 Å². The zero-order valence-corrected chi connectivity index (χ0v) is 14.4. The number of hydrogen-bond acceptors (Lipinski definition) is 5. The maximum Gasteiger partial charge on any atom is 0.290 e. The van der Waals surface area contributed by atoms with Crippen LogP contribution in [0.1, 0.15) is 50.8 Å². The Bertz CT molecular complexity index is 941. The zero-order chi connectivity index (χ0) is 17.6. The molecule has 1 aliphatic rings. The van der Waals surface area contributed by atoms with Crippen molar-refractivity contribution in [3.05, 3.63) is 70.3 Å². The molecular formula is C19H19N3O3. The second-order valence-electron chi connectivity index (χ2n) is 6.45. The highest BCUT2D eigenvalue weighted by molar-refractivity contribution is 5.93. The van der Waals surface area contributed by atoms with E-state index in [1.807, 2.05) is 38.1 Å². The van der Waals surface area contributed by atoms with Crippen molar-refractivity contribution in [3.8, 4) is 0 Å². The lowest BCUT2D eigenvalue weighted by molar-refractivity contribution is 0.0567. The van der Waals surface area contributed by atoms with Crippen LogP contribution >= 0.6 is 0 Å². The molecule has 0 spiro atoms. The summed E-state index contributed by atoms with van der Waals surface area (Å²) in [7, 11) is 0. The van der Waals surface area contributed by atoms with E-state index >= 15 is 0 Å². The maximum absolute atomic E-state index is 13.2. The van der Waals surface area contributed by atoms with Crippen LogP contribution in [0.5, 0.6) is 0 Å². The predicted octanol–water partition coefficient (Wildman–Crippen LogP) is 3.53. The van der Waals surface area contributed by atoms with E-state index in [0.29, 0.717) is 30.5 Å². The molecule has 0 bridgehead atoms. The summed E-state index contributed by atoms with van der Waals surface area (Å²) in [5.41, 5.74) is 3.16. The topological polar surface area (TPSA) is 72.4 Å². The van der Waals surface area contributed by atoms with E-state index in [9.17, 15) is 4.79 Å². The van der Waals surface area contributed by atoms with Crippen LogP contribution in [-0.4, -0.2) is 21.0 Å². The first-order valence-corrected chi connectivity index (χ1v) is 8.27. The van der Waals surface area contributed by atoms with Crippen LogP contribution in [-0.2, 0) is 13.0 Å². The summed E-state index contributed by atoms with van der Waals surface area (Å²) < 4.78 is 11.3. The van der Waals surface area contributed by atoms with Gasteiger partial charge >= 0.3 is 0 Å². The van der Waals surface area contributed by atoms with E-state index in [-0.39, 0.29) is 11.9 Å². The SMILES string of the molecule is Cc1cc(C)c(C(=O)N2Cc3ccccc3CC2c2nnc(C)o2)o1. The fourth-order valence-electron chi connectivity index (χ4n) is 3.39. The predicted molar refractivity (Wildman–Crippen MR) is 90.0 cm³/mol.